The SMILES string of the molecule is ClCC1CCN(Cc2ccn(C3CCCC3)n2)CC1. The van der Waals surface area contributed by atoms with Crippen molar-refractivity contribution in [2.45, 2.75) is 51.1 Å². The maximum Gasteiger partial charge on any atom is 0.0764 e. The molecular formula is C15H24ClN3. The molecule has 0 amide bonds. The standard InChI is InChI=1S/C15H24ClN3/c16-11-13-5-8-18(9-6-13)12-14-7-10-19(17-14)15-3-1-2-4-15/h7,10,13,15H,1-6,8-9,11-12H2. The maximum atomic E-state index is 5.93. The highest BCUT2D eigenvalue weighted by Crippen LogP contribution is 2.29. The normalized spacial score (nSPS) is 23.2. The van der Waals surface area contributed by atoms with Gasteiger partial charge in [0.1, 0.15) is 0 Å². The van der Waals surface area contributed by atoms with Crippen molar-refractivity contribution in [3.05, 3.63) is 18.0 Å². The molecule has 0 unspecified atom stereocenters. The molecule has 19 heavy (non-hydrogen) atoms. The molecule has 1 saturated carbocycles. The summed E-state index contributed by atoms with van der Waals surface area (Å²) in [6, 6.07) is 2.86. The van der Waals surface area contributed by atoms with Gasteiger partial charge in [-0.1, -0.05) is 12.8 Å². The van der Waals surface area contributed by atoms with E-state index in [2.05, 4.69) is 21.8 Å². The van der Waals surface area contributed by atoms with Gasteiger partial charge in [-0.15, -0.1) is 11.6 Å². The molecular weight excluding hydrogens is 258 g/mol. The van der Waals surface area contributed by atoms with Crippen LogP contribution in [0.5, 0.6) is 0 Å². The summed E-state index contributed by atoms with van der Waals surface area (Å²) in [6.07, 6.45) is 10.0. The summed E-state index contributed by atoms with van der Waals surface area (Å²) in [5.74, 6) is 1.55. The predicted molar refractivity (Wildman–Crippen MR) is 78.5 cm³/mol. The Morgan fingerprint density at radius 1 is 1.16 bits per heavy atom. The largest absolute Gasteiger partial charge is 0.297 e. The minimum absolute atomic E-state index is 0.663. The quantitative estimate of drug-likeness (QED) is 0.788. The van der Waals surface area contributed by atoms with Crippen molar-refractivity contribution in [1.29, 1.82) is 0 Å². The molecule has 0 bridgehead atoms. The maximum absolute atomic E-state index is 5.93. The van der Waals surface area contributed by atoms with E-state index in [0.717, 1.165) is 18.3 Å². The van der Waals surface area contributed by atoms with Crippen LogP contribution < -0.4 is 0 Å². The molecule has 0 atom stereocenters. The lowest BCUT2D eigenvalue weighted by atomic mass is 9.99. The molecule has 1 saturated heterocycles. The first-order chi connectivity index (χ1) is 9.35. The number of hydrogen-bond donors (Lipinski definition) is 0. The number of likely N-dealkylation sites (tertiary alicyclic amines) is 1. The van der Waals surface area contributed by atoms with Gasteiger partial charge < -0.3 is 0 Å². The van der Waals surface area contributed by atoms with Crippen LogP contribution >= 0.6 is 11.6 Å². The lowest BCUT2D eigenvalue weighted by molar-refractivity contribution is 0.184. The zero-order valence-corrected chi connectivity index (χ0v) is 12.4. The Morgan fingerprint density at radius 3 is 2.58 bits per heavy atom. The third kappa shape index (κ3) is 3.32. The number of piperidine rings is 1. The lowest BCUT2D eigenvalue weighted by Crippen LogP contribution is -2.33. The molecule has 0 radical (unpaired) electrons. The van der Waals surface area contributed by atoms with Crippen molar-refractivity contribution in [2.24, 2.45) is 5.92 Å². The van der Waals surface area contributed by atoms with Gasteiger partial charge in [0.25, 0.3) is 0 Å². The number of alkyl halides is 1. The molecule has 1 aromatic rings. The Morgan fingerprint density at radius 2 is 1.89 bits per heavy atom. The average Bonchev–Trinajstić information content (AvgIpc) is 3.10. The molecule has 2 heterocycles. The summed E-state index contributed by atoms with van der Waals surface area (Å²) in [6.45, 7) is 3.36. The summed E-state index contributed by atoms with van der Waals surface area (Å²) >= 11 is 5.93. The van der Waals surface area contributed by atoms with E-state index in [1.54, 1.807) is 0 Å². The first kappa shape index (κ1) is 13.4. The van der Waals surface area contributed by atoms with Crippen molar-refractivity contribution >= 4 is 11.6 Å². The van der Waals surface area contributed by atoms with E-state index in [1.165, 1.54) is 57.3 Å². The van der Waals surface area contributed by atoms with E-state index < -0.39 is 0 Å². The van der Waals surface area contributed by atoms with E-state index in [0.29, 0.717) is 6.04 Å². The van der Waals surface area contributed by atoms with Crippen LogP contribution in [0.2, 0.25) is 0 Å². The fraction of sp³-hybridized carbons (Fsp3) is 0.800. The van der Waals surface area contributed by atoms with Crippen LogP contribution in [-0.2, 0) is 6.54 Å². The van der Waals surface area contributed by atoms with E-state index in [1.807, 2.05) is 0 Å². The molecule has 1 aliphatic carbocycles. The average molecular weight is 282 g/mol. The highest BCUT2D eigenvalue weighted by atomic mass is 35.5. The topological polar surface area (TPSA) is 21.1 Å². The molecule has 1 aromatic heterocycles. The van der Waals surface area contributed by atoms with E-state index >= 15 is 0 Å². The van der Waals surface area contributed by atoms with Crippen molar-refractivity contribution in [3.8, 4) is 0 Å². The van der Waals surface area contributed by atoms with Crippen molar-refractivity contribution < 1.29 is 0 Å². The van der Waals surface area contributed by atoms with Crippen LogP contribution in [0.15, 0.2) is 12.3 Å². The minimum Gasteiger partial charge on any atom is -0.297 e. The van der Waals surface area contributed by atoms with Gasteiger partial charge in [0.15, 0.2) is 0 Å². The zero-order chi connectivity index (χ0) is 13.1. The highest BCUT2D eigenvalue weighted by Gasteiger charge is 2.20. The summed E-state index contributed by atoms with van der Waals surface area (Å²) in [7, 11) is 0. The van der Waals surface area contributed by atoms with Crippen molar-refractivity contribution in [1.82, 2.24) is 14.7 Å². The second-order valence-electron chi connectivity index (χ2n) is 6.10. The summed E-state index contributed by atoms with van der Waals surface area (Å²) < 4.78 is 2.20. The van der Waals surface area contributed by atoms with Crippen LogP contribution in [-0.4, -0.2) is 33.6 Å². The predicted octanol–water partition coefficient (Wildman–Crippen LogP) is 3.45. The number of hydrogen-bond acceptors (Lipinski definition) is 2. The fourth-order valence-electron chi connectivity index (χ4n) is 3.36. The van der Waals surface area contributed by atoms with Gasteiger partial charge in [0.05, 0.1) is 11.7 Å². The van der Waals surface area contributed by atoms with Gasteiger partial charge in [-0.25, -0.2) is 0 Å². The Labute approximate surface area is 120 Å². The molecule has 3 nitrogen and oxygen atoms in total. The smallest absolute Gasteiger partial charge is 0.0764 e. The molecule has 2 aliphatic rings. The minimum atomic E-state index is 0.663. The first-order valence-corrected chi connectivity index (χ1v) is 8.21. The molecule has 0 N–H and O–H groups in total. The summed E-state index contributed by atoms with van der Waals surface area (Å²) in [4.78, 5) is 2.52. The number of aromatic nitrogens is 2. The van der Waals surface area contributed by atoms with Gasteiger partial charge in [-0.2, -0.15) is 5.10 Å². The Hall–Kier alpha value is -0.540. The zero-order valence-electron chi connectivity index (χ0n) is 11.6. The third-order valence-electron chi connectivity index (χ3n) is 4.67. The van der Waals surface area contributed by atoms with Crippen LogP contribution in [0.25, 0.3) is 0 Å². The van der Waals surface area contributed by atoms with Gasteiger partial charge in [0, 0.05) is 18.6 Å². The fourth-order valence-corrected chi connectivity index (χ4v) is 3.67. The van der Waals surface area contributed by atoms with Gasteiger partial charge in [0.2, 0.25) is 0 Å². The van der Waals surface area contributed by atoms with Crippen LogP contribution in [0, 0.1) is 5.92 Å². The third-order valence-corrected chi connectivity index (χ3v) is 5.11. The van der Waals surface area contributed by atoms with E-state index in [9.17, 15) is 0 Å². The number of rotatable bonds is 4. The number of halogens is 1. The summed E-state index contributed by atoms with van der Waals surface area (Å²) in [5.41, 5.74) is 1.23. The molecule has 0 aromatic carbocycles. The first-order valence-electron chi connectivity index (χ1n) is 7.67. The highest BCUT2D eigenvalue weighted by molar-refractivity contribution is 6.18. The Balaban J connectivity index is 1.52. The molecule has 3 rings (SSSR count). The summed E-state index contributed by atoms with van der Waals surface area (Å²) in [5, 5.41) is 4.77. The van der Waals surface area contributed by atoms with Crippen LogP contribution in [0.3, 0.4) is 0 Å². The van der Waals surface area contributed by atoms with E-state index in [-0.39, 0.29) is 0 Å². The molecule has 0 spiro atoms. The van der Waals surface area contributed by atoms with Gasteiger partial charge in [-0.3, -0.25) is 9.58 Å². The van der Waals surface area contributed by atoms with Crippen LogP contribution in [0.4, 0.5) is 0 Å². The molecule has 106 valence electrons. The van der Waals surface area contributed by atoms with E-state index in [4.69, 9.17) is 16.7 Å². The lowest BCUT2D eigenvalue weighted by Gasteiger charge is -2.30. The van der Waals surface area contributed by atoms with Gasteiger partial charge >= 0.3 is 0 Å². The monoisotopic (exact) mass is 281 g/mol. The van der Waals surface area contributed by atoms with Gasteiger partial charge in [-0.05, 0) is 50.8 Å². The second kappa shape index (κ2) is 6.27. The number of nitrogens with zero attached hydrogens (tertiary/aromatic N) is 3. The van der Waals surface area contributed by atoms with Crippen LogP contribution in [0.1, 0.15) is 50.3 Å². The molecule has 4 heteroatoms. The Kier molecular flexibility index (Phi) is 4.44. The van der Waals surface area contributed by atoms with Crippen molar-refractivity contribution in [2.75, 3.05) is 19.0 Å². The second-order valence-corrected chi connectivity index (χ2v) is 6.41. The molecule has 1 aliphatic heterocycles. The Bertz CT molecular complexity index is 390. The van der Waals surface area contributed by atoms with Crippen molar-refractivity contribution in [3.63, 3.8) is 0 Å². The molecule has 2 fully saturated rings.